The molecule has 0 amide bonds. The van der Waals surface area contributed by atoms with Crippen LogP contribution in [0, 0.1) is 5.82 Å². The van der Waals surface area contributed by atoms with Crippen LogP contribution in [0.15, 0.2) is 21.1 Å². The second-order valence-corrected chi connectivity index (χ2v) is 4.07. The standard InChI is InChI=1S/C10H8BrFN2O3/c1-16-10-8(12)5(11)2-4(9(10)15)6-3-7(13)17-14-6/h2-3,15H,13H2,1H3. The molecule has 0 fully saturated rings. The van der Waals surface area contributed by atoms with Gasteiger partial charge in [0, 0.05) is 6.07 Å². The van der Waals surface area contributed by atoms with Gasteiger partial charge in [0.15, 0.2) is 17.3 Å². The van der Waals surface area contributed by atoms with E-state index in [1.54, 1.807) is 0 Å². The molecule has 0 bridgehead atoms. The summed E-state index contributed by atoms with van der Waals surface area (Å²) in [6.45, 7) is 0. The van der Waals surface area contributed by atoms with Gasteiger partial charge in [-0.25, -0.2) is 4.39 Å². The van der Waals surface area contributed by atoms with Crippen molar-refractivity contribution in [2.24, 2.45) is 0 Å². The lowest BCUT2D eigenvalue weighted by Gasteiger charge is -2.09. The molecule has 0 saturated carbocycles. The van der Waals surface area contributed by atoms with Gasteiger partial charge in [-0.15, -0.1) is 0 Å². The van der Waals surface area contributed by atoms with Gasteiger partial charge < -0.3 is 20.1 Å². The van der Waals surface area contributed by atoms with Crippen molar-refractivity contribution in [2.45, 2.75) is 0 Å². The van der Waals surface area contributed by atoms with E-state index in [1.807, 2.05) is 0 Å². The van der Waals surface area contributed by atoms with E-state index in [2.05, 4.69) is 25.6 Å². The Morgan fingerprint density at radius 2 is 2.24 bits per heavy atom. The molecule has 0 atom stereocenters. The molecule has 0 spiro atoms. The Morgan fingerprint density at radius 1 is 1.53 bits per heavy atom. The number of hydrogen-bond donors (Lipinski definition) is 2. The van der Waals surface area contributed by atoms with Crippen molar-refractivity contribution in [1.82, 2.24) is 5.16 Å². The number of methoxy groups -OCH3 is 1. The number of phenols is 1. The van der Waals surface area contributed by atoms with E-state index in [-0.39, 0.29) is 27.4 Å². The Hall–Kier alpha value is -1.76. The number of nitrogens with two attached hydrogens (primary N) is 1. The number of aromatic nitrogens is 1. The fourth-order valence-corrected chi connectivity index (χ4v) is 1.80. The van der Waals surface area contributed by atoms with Crippen LogP contribution in [-0.2, 0) is 0 Å². The molecule has 2 aromatic rings. The first-order valence-electron chi connectivity index (χ1n) is 4.52. The van der Waals surface area contributed by atoms with E-state index in [0.717, 1.165) is 0 Å². The minimum Gasteiger partial charge on any atom is -0.504 e. The lowest BCUT2D eigenvalue weighted by molar-refractivity contribution is 0.350. The Kier molecular flexibility index (Phi) is 2.93. The molecule has 0 unspecified atom stereocenters. The lowest BCUT2D eigenvalue weighted by atomic mass is 10.1. The quantitative estimate of drug-likeness (QED) is 0.891. The van der Waals surface area contributed by atoms with Crippen molar-refractivity contribution in [2.75, 3.05) is 12.8 Å². The van der Waals surface area contributed by atoms with Gasteiger partial charge in [-0.05, 0) is 22.0 Å². The van der Waals surface area contributed by atoms with Gasteiger partial charge in [-0.3, -0.25) is 0 Å². The van der Waals surface area contributed by atoms with Crippen LogP contribution >= 0.6 is 15.9 Å². The van der Waals surface area contributed by atoms with Crippen molar-refractivity contribution >= 4 is 21.8 Å². The highest BCUT2D eigenvalue weighted by molar-refractivity contribution is 9.10. The molecule has 5 nitrogen and oxygen atoms in total. The molecular formula is C10H8BrFN2O3. The van der Waals surface area contributed by atoms with Gasteiger partial charge in [-0.1, -0.05) is 5.16 Å². The predicted octanol–water partition coefficient (Wildman–Crippen LogP) is 2.54. The van der Waals surface area contributed by atoms with Crippen LogP contribution < -0.4 is 10.5 Å². The fourth-order valence-electron chi connectivity index (χ4n) is 1.39. The molecule has 3 N–H and O–H groups in total. The Labute approximate surface area is 104 Å². The summed E-state index contributed by atoms with van der Waals surface area (Å²) in [4.78, 5) is 0. The highest BCUT2D eigenvalue weighted by Gasteiger charge is 2.20. The number of benzene rings is 1. The molecule has 0 saturated heterocycles. The SMILES string of the molecule is COc1c(O)c(-c2cc(N)on2)cc(Br)c1F. The largest absolute Gasteiger partial charge is 0.504 e. The topological polar surface area (TPSA) is 81.5 Å². The number of aromatic hydroxyl groups is 1. The van der Waals surface area contributed by atoms with Crippen LogP contribution in [0.25, 0.3) is 11.3 Å². The summed E-state index contributed by atoms with van der Waals surface area (Å²) in [5.74, 6) is -1.22. The maximum Gasteiger partial charge on any atom is 0.222 e. The van der Waals surface area contributed by atoms with Crippen LogP contribution in [-0.4, -0.2) is 17.4 Å². The normalized spacial score (nSPS) is 10.5. The van der Waals surface area contributed by atoms with Gasteiger partial charge in [-0.2, -0.15) is 0 Å². The minimum absolute atomic E-state index is 0.0961. The van der Waals surface area contributed by atoms with Crippen LogP contribution in [0.5, 0.6) is 11.5 Å². The molecule has 0 aliphatic heterocycles. The Balaban J connectivity index is 2.67. The van der Waals surface area contributed by atoms with Gasteiger partial charge in [0.2, 0.25) is 5.88 Å². The molecule has 7 heteroatoms. The monoisotopic (exact) mass is 302 g/mol. The van der Waals surface area contributed by atoms with E-state index >= 15 is 0 Å². The van der Waals surface area contributed by atoms with E-state index < -0.39 is 5.82 Å². The zero-order chi connectivity index (χ0) is 12.6. The van der Waals surface area contributed by atoms with Crippen molar-refractivity contribution in [3.63, 3.8) is 0 Å². The maximum absolute atomic E-state index is 13.6. The Bertz CT molecular complexity index is 571. The first kappa shape index (κ1) is 11.7. The molecule has 1 heterocycles. The molecule has 2 rings (SSSR count). The minimum atomic E-state index is -0.690. The Morgan fingerprint density at radius 3 is 2.76 bits per heavy atom. The predicted molar refractivity (Wildman–Crippen MR) is 62.2 cm³/mol. The molecule has 1 aromatic carbocycles. The average Bonchev–Trinajstić information content (AvgIpc) is 2.71. The highest BCUT2D eigenvalue weighted by Crippen LogP contribution is 2.42. The van der Waals surface area contributed by atoms with E-state index in [4.69, 9.17) is 10.5 Å². The first-order chi connectivity index (χ1) is 8.04. The number of nitrogens with zero attached hydrogens (tertiary/aromatic N) is 1. The lowest BCUT2D eigenvalue weighted by Crippen LogP contribution is -1.92. The third-order valence-electron chi connectivity index (χ3n) is 2.16. The molecular weight excluding hydrogens is 295 g/mol. The molecule has 90 valence electrons. The number of anilines is 1. The third-order valence-corrected chi connectivity index (χ3v) is 2.74. The van der Waals surface area contributed by atoms with Gasteiger partial charge in [0.1, 0.15) is 5.69 Å². The van der Waals surface area contributed by atoms with E-state index in [9.17, 15) is 9.50 Å². The van der Waals surface area contributed by atoms with E-state index in [1.165, 1.54) is 19.2 Å². The second kappa shape index (κ2) is 4.25. The van der Waals surface area contributed by atoms with Crippen molar-refractivity contribution < 1.29 is 18.8 Å². The number of ether oxygens (including phenoxy) is 1. The van der Waals surface area contributed by atoms with Gasteiger partial charge >= 0.3 is 0 Å². The van der Waals surface area contributed by atoms with Crippen molar-refractivity contribution in [1.29, 1.82) is 0 Å². The van der Waals surface area contributed by atoms with Gasteiger partial charge in [0.05, 0.1) is 17.1 Å². The van der Waals surface area contributed by atoms with Crippen molar-refractivity contribution in [3.8, 4) is 22.8 Å². The summed E-state index contributed by atoms with van der Waals surface area (Å²) < 4.78 is 23.2. The summed E-state index contributed by atoms with van der Waals surface area (Å²) >= 11 is 3.02. The average molecular weight is 303 g/mol. The maximum atomic E-state index is 13.6. The van der Waals surface area contributed by atoms with E-state index in [0.29, 0.717) is 5.69 Å². The second-order valence-electron chi connectivity index (χ2n) is 3.22. The summed E-state index contributed by atoms with van der Waals surface area (Å²) in [5.41, 5.74) is 5.93. The molecule has 0 radical (unpaired) electrons. The number of phenolic OH excluding ortho intramolecular Hbond substituents is 1. The zero-order valence-corrected chi connectivity index (χ0v) is 10.3. The molecule has 17 heavy (non-hydrogen) atoms. The van der Waals surface area contributed by atoms with Crippen LogP contribution in [0.1, 0.15) is 0 Å². The number of rotatable bonds is 2. The summed E-state index contributed by atoms with van der Waals surface area (Å²) in [6, 6.07) is 2.78. The first-order valence-corrected chi connectivity index (χ1v) is 5.31. The number of hydrogen-bond acceptors (Lipinski definition) is 5. The molecule has 0 aliphatic rings. The molecule has 1 aromatic heterocycles. The van der Waals surface area contributed by atoms with Crippen molar-refractivity contribution in [3.05, 3.63) is 22.4 Å². The third kappa shape index (κ3) is 1.93. The molecule has 0 aliphatic carbocycles. The summed E-state index contributed by atoms with van der Waals surface area (Å²) in [5, 5.41) is 13.5. The van der Waals surface area contributed by atoms with Gasteiger partial charge in [0.25, 0.3) is 0 Å². The number of halogens is 2. The summed E-state index contributed by atoms with van der Waals surface area (Å²) in [7, 11) is 1.26. The smallest absolute Gasteiger partial charge is 0.222 e. The summed E-state index contributed by atoms with van der Waals surface area (Å²) in [6.07, 6.45) is 0. The van der Waals surface area contributed by atoms with Crippen LogP contribution in [0.4, 0.5) is 10.3 Å². The zero-order valence-electron chi connectivity index (χ0n) is 8.70. The van der Waals surface area contributed by atoms with Crippen LogP contribution in [0.3, 0.4) is 0 Å². The van der Waals surface area contributed by atoms with Crippen LogP contribution in [0.2, 0.25) is 0 Å². The number of nitrogen functional groups attached to an aromatic ring is 1. The fraction of sp³-hybridized carbons (Fsp3) is 0.100. The highest BCUT2D eigenvalue weighted by atomic mass is 79.9.